The van der Waals surface area contributed by atoms with E-state index in [4.69, 9.17) is 4.74 Å². The summed E-state index contributed by atoms with van der Waals surface area (Å²) in [7, 11) is 0. The Hall–Kier alpha value is -1.87. The fourth-order valence-corrected chi connectivity index (χ4v) is 3.26. The number of aromatic nitrogens is 1. The summed E-state index contributed by atoms with van der Waals surface area (Å²) >= 11 is 0. The van der Waals surface area contributed by atoms with Gasteiger partial charge in [-0.15, -0.1) is 0 Å². The summed E-state index contributed by atoms with van der Waals surface area (Å²) in [4.78, 5) is 6.63. The Kier molecular flexibility index (Phi) is 5.65. The number of nitrogens with zero attached hydrogens (tertiary/aromatic N) is 2. The predicted molar refractivity (Wildman–Crippen MR) is 94.6 cm³/mol. The van der Waals surface area contributed by atoms with Crippen molar-refractivity contribution in [2.45, 2.75) is 26.2 Å². The summed E-state index contributed by atoms with van der Waals surface area (Å²) < 4.78 is 5.88. The molecule has 0 N–H and O–H groups in total. The Morgan fingerprint density at radius 3 is 2.57 bits per heavy atom. The highest BCUT2D eigenvalue weighted by Crippen LogP contribution is 2.22. The van der Waals surface area contributed by atoms with Crippen molar-refractivity contribution >= 4 is 0 Å². The van der Waals surface area contributed by atoms with Crippen LogP contribution in [0, 0.1) is 5.92 Å². The van der Waals surface area contributed by atoms with E-state index < -0.39 is 0 Å². The molecule has 2 heterocycles. The average molecular weight is 310 g/mol. The smallest absolute Gasteiger partial charge is 0.119 e. The lowest BCUT2D eigenvalue weighted by Crippen LogP contribution is -2.35. The monoisotopic (exact) mass is 310 g/mol. The summed E-state index contributed by atoms with van der Waals surface area (Å²) in [5.41, 5.74) is 2.38. The van der Waals surface area contributed by atoms with E-state index in [9.17, 15) is 0 Å². The molecule has 0 spiro atoms. The molecule has 1 aromatic carbocycles. The van der Waals surface area contributed by atoms with E-state index in [0.29, 0.717) is 0 Å². The van der Waals surface area contributed by atoms with Crippen LogP contribution in [0.5, 0.6) is 5.75 Å². The molecular weight excluding hydrogens is 284 g/mol. The number of benzene rings is 1. The summed E-state index contributed by atoms with van der Waals surface area (Å²) in [6.45, 7) is 6.80. The molecule has 23 heavy (non-hydrogen) atoms. The molecule has 3 heteroatoms. The zero-order valence-electron chi connectivity index (χ0n) is 13.9. The van der Waals surface area contributed by atoms with Crippen molar-refractivity contribution in [3.63, 3.8) is 0 Å². The molecule has 1 aromatic heterocycles. The van der Waals surface area contributed by atoms with Crippen molar-refractivity contribution in [1.29, 1.82) is 0 Å². The van der Waals surface area contributed by atoms with Crippen LogP contribution in [-0.4, -0.2) is 36.1 Å². The van der Waals surface area contributed by atoms with Gasteiger partial charge in [0.2, 0.25) is 0 Å². The van der Waals surface area contributed by atoms with E-state index in [1.807, 2.05) is 24.5 Å². The van der Waals surface area contributed by atoms with E-state index in [0.717, 1.165) is 31.2 Å². The third kappa shape index (κ3) is 4.80. The number of hydrogen-bond acceptors (Lipinski definition) is 3. The molecular formula is C20H26N2O. The summed E-state index contributed by atoms with van der Waals surface area (Å²) in [6, 6.07) is 12.4. The lowest BCUT2D eigenvalue weighted by molar-refractivity contribution is 0.170. The van der Waals surface area contributed by atoms with Crippen LogP contribution in [0.1, 0.15) is 26.2 Å². The van der Waals surface area contributed by atoms with Gasteiger partial charge >= 0.3 is 0 Å². The van der Waals surface area contributed by atoms with Crippen molar-refractivity contribution in [3.8, 4) is 16.9 Å². The molecule has 0 unspecified atom stereocenters. The van der Waals surface area contributed by atoms with E-state index in [2.05, 4.69) is 41.1 Å². The van der Waals surface area contributed by atoms with Gasteiger partial charge in [0, 0.05) is 25.5 Å². The highest BCUT2D eigenvalue weighted by atomic mass is 16.5. The quantitative estimate of drug-likeness (QED) is 0.746. The van der Waals surface area contributed by atoms with Crippen LogP contribution < -0.4 is 4.74 Å². The zero-order valence-corrected chi connectivity index (χ0v) is 13.9. The average Bonchev–Trinajstić information content (AvgIpc) is 2.60. The van der Waals surface area contributed by atoms with E-state index in [1.165, 1.54) is 37.1 Å². The van der Waals surface area contributed by atoms with Crippen LogP contribution >= 0.6 is 0 Å². The van der Waals surface area contributed by atoms with Gasteiger partial charge in [-0.1, -0.05) is 19.1 Å². The maximum atomic E-state index is 5.88. The number of ether oxygens (including phenoxy) is 1. The van der Waals surface area contributed by atoms with Gasteiger partial charge in [0.05, 0.1) is 6.61 Å². The molecule has 0 amide bonds. The summed E-state index contributed by atoms with van der Waals surface area (Å²) in [5.74, 6) is 1.81. The van der Waals surface area contributed by atoms with Crippen molar-refractivity contribution in [1.82, 2.24) is 9.88 Å². The Morgan fingerprint density at radius 2 is 1.83 bits per heavy atom. The first-order valence-electron chi connectivity index (χ1n) is 8.67. The predicted octanol–water partition coefficient (Wildman–Crippen LogP) is 4.25. The number of likely N-dealkylation sites (tertiary alicyclic amines) is 1. The Labute approximate surface area is 139 Å². The molecule has 122 valence electrons. The second kappa shape index (κ2) is 8.11. The molecule has 3 nitrogen and oxygen atoms in total. The van der Waals surface area contributed by atoms with Gasteiger partial charge in [0.1, 0.15) is 5.75 Å². The van der Waals surface area contributed by atoms with Gasteiger partial charge < -0.3 is 9.64 Å². The highest BCUT2D eigenvalue weighted by molar-refractivity contribution is 5.63. The van der Waals surface area contributed by atoms with Crippen LogP contribution in [0.25, 0.3) is 11.1 Å². The van der Waals surface area contributed by atoms with Crippen molar-refractivity contribution < 1.29 is 4.74 Å². The maximum absolute atomic E-state index is 5.88. The zero-order chi connectivity index (χ0) is 15.9. The first-order valence-corrected chi connectivity index (χ1v) is 8.67. The highest BCUT2D eigenvalue weighted by Gasteiger charge is 2.15. The molecule has 0 aliphatic carbocycles. The fraction of sp³-hybridized carbons (Fsp3) is 0.450. The van der Waals surface area contributed by atoms with Crippen molar-refractivity contribution in [2.75, 3.05) is 26.2 Å². The van der Waals surface area contributed by atoms with E-state index in [1.54, 1.807) is 0 Å². The number of rotatable bonds is 6. The lowest BCUT2D eigenvalue weighted by atomic mass is 10.0. The van der Waals surface area contributed by atoms with Crippen LogP contribution in [-0.2, 0) is 0 Å². The fourth-order valence-electron chi connectivity index (χ4n) is 3.26. The molecule has 0 radical (unpaired) electrons. The SMILES string of the molecule is C[C@@H]1CCCN(CCCOc2ccc(-c3ccncc3)cc2)C1. The Morgan fingerprint density at radius 1 is 1.09 bits per heavy atom. The maximum Gasteiger partial charge on any atom is 0.119 e. The normalized spacial score (nSPS) is 18.7. The van der Waals surface area contributed by atoms with Gasteiger partial charge in [-0.2, -0.15) is 0 Å². The largest absolute Gasteiger partial charge is 0.494 e. The molecule has 1 aliphatic rings. The molecule has 3 rings (SSSR count). The standard InChI is InChI=1S/C20H26N2O/c1-17-4-2-13-22(16-17)14-3-15-23-20-7-5-18(6-8-20)19-9-11-21-12-10-19/h5-12,17H,2-4,13-16H2,1H3/t17-/m1/s1. The molecule has 0 bridgehead atoms. The molecule has 1 aliphatic heterocycles. The van der Waals surface area contributed by atoms with Gasteiger partial charge in [-0.3, -0.25) is 4.98 Å². The molecule has 1 saturated heterocycles. The molecule has 1 atom stereocenters. The van der Waals surface area contributed by atoms with E-state index >= 15 is 0 Å². The number of pyridine rings is 1. The second-order valence-electron chi connectivity index (χ2n) is 6.51. The topological polar surface area (TPSA) is 25.4 Å². The first kappa shape index (κ1) is 16.0. The lowest BCUT2D eigenvalue weighted by Gasteiger charge is -2.30. The minimum Gasteiger partial charge on any atom is -0.494 e. The van der Waals surface area contributed by atoms with Crippen molar-refractivity contribution in [3.05, 3.63) is 48.8 Å². The van der Waals surface area contributed by atoms with Crippen LogP contribution in [0.4, 0.5) is 0 Å². The minimum atomic E-state index is 0.791. The Bertz CT molecular complexity index is 582. The molecule has 1 fully saturated rings. The second-order valence-corrected chi connectivity index (χ2v) is 6.51. The third-order valence-electron chi connectivity index (χ3n) is 4.50. The van der Waals surface area contributed by atoms with E-state index in [-0.39, 0.29) is 0 Å². The van der Waals surface area contributed by atoms with Gasteiger partial charge in [-0.25, -0.2) is 0 Å². The van der Waals surface area contributed by atoms with Gasteiger partial charge in [0.25, 0.3) is 0 Å². The van der Waals surface area contributed by atoms with Gasteiger partial charge in [-0.05, 0) is 67.1 Å². The third-order valence-corrected chi connectivity index (χ3v) is 4.50. The minimum absolute atomic E-state index is 0.791. The van der Waals surface area contributed by atoms with Crippen molar-refractivity contribution in [2.24, 2.45) is 5.92 Å². The summed E-state index contributed by atoms with van der Waals surface area (Å²) in [5, 5.41) is 0. The van der Waals surface area contributed by atoms with Gasteiger partial charge in [0.15, 0.2) is 0 Å². The van der Waals surface area contributed by atoms with Crippen LogP contribution in [0.15, 0.2) is 48.8 Å². The number of hydrogen-bond donors (Lipinski definition) is 0. The Balaban J connectivity index is 1.42. The summed E-state index contributed by atoms with van der Waals surface area (Å²) in [6.07, 6.45) is 7.47. The van der Waals surface area contributed by atoms with Crippen LogP contribution in [0.2, 0.25) is 0 Å². The molecule has 0 saturated carbocycles. The first-order chi connectivity index (χ1) is 11.3. The number of piperidine rings is 1. The van der Waals surface area contributed by atoms with Crippen LogP contribution in [0.3, 0.4) is 0 Å². The molecule has 2 aromatic rings.